The van der Waals surface area contributed by atoms with Crippen LogP contribution in [-0.4, -0.2) is 0 Å². The number of hydrogen-bond donors (Lipinski definition) is 0. The minimum atomic E-state index is 1.25. The van der Waals surface area contributed by atoms with E-state index >= 15 is 0 Å². The lowest BCUT2D eigenvalue weighted by molar-refractivity contribution is 1.09. The monoisotopic (exact) mass is 156 g/mol. The van der Waals surface area contributed by atoms with Gasteiger partial charge in [0.05, 0.1) is 0 Å². The average molecular weight is 156 g/mol. The van der Waals surface area contributed by atoms with Gasteiger partial charge < -0.3 is 0 Å². The van der Waals surface area contributed by atoms with E-state index in [-0.39, 0.29) is 0 Å². The van der Waals surface area contributed by atoms with Crippen LogP contribution < -0.4 is 0 Å². The fourth-order valence-electron chi connectivity index (χ4n) is 0. The van der Waals surface area contributed by atoms with Crippen molar-refractivity contribution >= 4 is 0 Å². The van der Waals surface area contributed by atoms with Crippen LogP contribution in [0.4, 0.5) is 0 Å². The van der Waals surface area contributed by atoms with Crippen LogP contribution in [0.15, 0.2) is 31.5 Å². The predicted octanol–water partition coefficient (Wildman–Crippen LogP) is 4.59. The first kappa shape index (κ1) is 22.5. The van der Waals surface area contributed by atoms with Gasteiger partial charge in [0.15, 0.2) is 0 Å². The molecule has 0 bridgehead atoms. The predicted molar refractivity (Wildman–Crippen MR) is 58.0 cm³/mol. The first-order valence-corrected chi connectivity index (χ1v) is 4.13. The van der Waals surface area contributed by atoms with E-state index in [0.29, 0.717) is 0 Å². The summed E-state index contributed by atoms with van der Waals surface area (Å²) in [7, 11) is 0. The van der Waals surface area contributed by atoms with Gasteiger partial charge in [0.2, 0.25) is 0 Å². The molecule has 0 nitrogen and oxygen atoms in total. The molecular formula is C11H24. The molecule has 0 N–H and O–H groups in total. The Hall–Kier alpha value is -0.740. The fourth-order valence-corrected chi connectivity index (χ4v) is 0. The largest absolute Gasteiger partial charge is 0.133 e. The molecule has 11 heavy (non-hydrogen) atoms. The number of allylic oxidation sites excluding steroid dienone is 1. The minimum absolute atomic E-state index is 1.25. The van der Waals surface area contributed by atoms with E-state index < -0.39 is 0 Å². The lowest BCUT2D eigenvalue weighted by Gasteiger charge is -1.48. The van der Waals surface area contributed by atoms with E-state index in [1.165, 1.54) is 6.42 Å². The van der Waals surface area contributed by atoms with Gasteiger partial charge in [0.25, 0.3) is 0 Å². The summed E-state index contributed by atoms with van der Waals surface area (Å²) in [5.41, 5.74) is 2.56. The maximum atomic E-state index is 3.30. The van der Waals surface area contributed by atoms with E-state index in [9.17, 15) is 0 Å². The Morgan fingerprint density at radius 2 is 1.27 bits per heavy atom. The van der Waals surface area contributed by atoms with Crippen molar-refractivity contribution in [3.8, 4) is 0 Å². The highest BCUT2D eigenvalue weighted by molar-refractivity contribution is 4.67. The molecule has 0 aliphatic rings. The summed E-state index contributed by atoms with van der Waals surface area (Å²) in [6.45, 7) is 19.4. The SMILES string of the molecule is C=C.C=C=CC.CC.CCC. The smallest absolute Gasteiger partial charge is 0.0393 e. The molecule has 0 atom stereocenters. The third-order valence-corrected chi connectivity index (χ3v) is 0.204. The van der Waals surface area contributed by atoms with E-state index in [2.05, 4.69) is 39.3 Å². The van der Waals surface area contributed by atoms with Crippen LogP contribution in [0.3, 0.4) is 0 Å². The topological polar surface area (TPSA) is 0 Å². The summed E-state index contributed by atoms with van der Waals surface area (Å²) in [5, 5.41) is 0. The quantitative estimate of drug-likeness (QED) is 0.355. The maximum absolute atomic E-state index is 3.30. The molecule has 0 aliphatic carbocycles. The van der Waals surface area contributed by atoms with Crippen molar-refractivity contribution in [2.45, 2.75) is 41.0 Å². The highest BCUT2D eigenvalue weighted by Crippen LogP contribution is 1.56. The molecule has 0 heteroatoms. The van der Waals surface area contributed by atoms with Crippen molar-refractivity contribution in [2.24, 2.45) is 0 Å². The third kappa shape index (κ3) is 7220. The van der Waals surface area contributed by atoms with Crippen LogP contribution >= 0.6 is 0 Å². The second-order valence-corrected chi connectivity index (χ2v) is 1.20. The van der Waals surface area contributed by atoms with E-state index in [1.807, 2.05) is 20.8 Å². The first-order valence-electron chi connectivity index (χ1n) is 4.13. The maximum Gasteiger partial charge on any atom is -0.0393 e. The lowest BCUT2D eigenvalue weighted by atomic mass is 10.6. The van der Waals surface area contributed by atoms with Crippen LogP contribution in [0, 0.1) is 0 Å². The molecule has 0 aliphatic heterocycles. The first-order chi connectivity index (χ1) is 5.33. The second-order valence-electron chi connectivity index (χ2n) is 1.20. The van der Waals surface area contributed by atoms with Gasteiger partial charge in [-0.1, -0.05) is 40.7 Å². The summed E-state index contributed by atoms with van der Waals surface area (Å²) in [4.78, 5) is 0. The normalized spacial score (nSPS) is 4.09. The zero-order valence-electron chi connectivity index (χ0n) is 8.91. The van der Waals surface area contributed by atoms with Crippen LogP contribution in [0.1, 0.15) is 41.0 Å². The molecule has 0 amide bonds. The van der Waals surface area contributed by atoms with Gasteiger partial charge >= 0.3 is 0 Å². The summed E-state index contributed by atoms with van der Waals surface area (Å²) in [6, 6.07) is 0. The van der Waals surface area contributed by atoms with Crippen molar-refractivity contribution in [1.82, 2.24) is 0 Å². The highest BCUT2D eigenvalue weighted by Gasteiger charge is 1.35. The molecule has 0 saturated heterocycles. The average Bonchev–Trinajstić information content (AvgIpc) is 2.12. The molecule has 0 saturated carbocycles. The Labute approximate surface area is 73.3 Å². The van der Waals surface area contributed by atoms with Gasteiger partial charge in [0, 0.05) is 0 Å². The highest BCUT2D eigenvalue weighted by atomic mass is 13.4. The molecule has 0 rings (SSSR count). The summed E-state index contributed by atoms with van der Waals surface area (Å²) < 4.78 is 0. The van der Waals surface area contributed by atoms with Crippen LogP contribution in [0.25, 0.3) is 0 Å². The number of hydrogen-bond acceptors (Lipinski definition) is 0. The lowest BCUT2D eigenvalue weighted by Crippen LogP contribution is -1.27. The zero-order valence-corrected chi connectivity index (χ0v) is 8.91. The van der Waals surface area contributed by atoms with E-state index in [0.717, 1.165) is 0 Å². The van der Waals surface area contributed by atoms with Crippen molar-refractivity contribution in [1.29, 1.82) is 0 Å². The van der Waals surface area contributed by atoms with Gasteiger partial charge in [-0.25, -0.2) is 0 Å². The van der Waals surface area contributed by atoms with Crippen molar-refractivity contribution in [3.05, 3.63) is 31.5 Å². The summed E-state index contributed by atoms with van der Waals surface area (Å²) in [5.74, 6) is 0. The molecule has 68 valence electrons. The Kier molecular flexibility index (Phi) is 252. The Morgan fingerprint density at radius 3 is 1.27 bits per heavy atom. The summed E-state index contributed by atoms with van der Waals surface area (Å²) >= 11 is 0. The van der Waals surface area contributed by atoms with Crippen LogP contribution in [-0.2, 0) is 0 Å². The summed E-state index contributed by atoms with van der Waals surface area (Å²) in [6.07, 6.45) is 3.01. The third-order valence-electron chi connectivity index (χ3n) is 0.204. The molecule has 0 fully saturated rings. The molecule has 0 radical (unpaired) electrons. The fraction of sp³-hybridized carbons (Fsp3) is 0.545. The zero-order chi connectivity index (χ0) is 10.1. The van der Waals surface area contributed by atoms with E-state index in [1.54, 1.807) is 6.08 Å². The van der Waals surface area contributed by atoms with Gasteiger partial charge in [-0.3, -0.25) is 0 Å². The van der Waals surface area contributed by atoms with Gasteiger partial charge in [-0.15, -0.1) is 18.9 Å². The Bertz CT molecular complexity index is 56.4. The molecule has 0 aromatic heterocycles. The van der Waals surface area contributed by atoms with E-state index in [4.69, 9.17) is 0 Å². The molecular weight excluding hydrogens is 132 g/mol. The molecule has 0 heterocycles. The van der Waals surface area contributed by atoms with Crippen molar-refractivity contribution in [2.75, 3.05) is 0 Å². The molecule has 0 aromatic rings. The standard InChI is InChI=1S/C4H6.C3H8.C2H6.C2H4/c1-3-4-2;1-3-2;2*1-2/h4H,1H2,2H3;3H2,1-2H3;1-2H3;1-2H2. The van der Waals surface area contributed by atoms with Crippen molar-refractivity contribution in [3.63, 3.8) is 0 Å². The van der Waals surface area contributed by atoms with Gasteiger partial charge in [0.1, 0.15) is 0 Å². The molecule has 0 unspecified atom stereocenters. The van der Waals surface area contributed by atoms with Crippen LogP contribution in [0.2, 0.25) is 0 Å². The van der Waals surface area contributed by atoms with Gasteiger partial charge in [-0.05, 0) is 13.0 Å². The molecule has 0 aromatic carbocycles. The van der Waals surface area contributed by atoms with Crippen molar-refractivity contribution < 1.29 is 0 Å². The minimum Gasteiger partial charge on any atom is -0.133 e. The Morgan fingerprint density at radius 1 is 1.18 bits per heavy atom. The van der Waals surface area contributed by atoms with Gasteiger partial charge in [-0.2, -0.15) is 0 Å². The van der Waals surface area contributed by atoms with Crippen LogP contribution in [0.5, 0.6) is 0 Å². The Balaban J connectivity index is -0.0000000315. The second kappa shape index (κ2) is 124. The number of rotatable bonds is 0. The molecule has 0 spiro atoms.